The van der Waals surface area contributed by atoms with Crippen molar-refractivity contribution in [1.29, 1.82) is 0 Å². The first-order valence-corrected chi connectivity index (χ1v) is 13.9. The van der Waals surface area contributed by atoms with Crippen molar-refractivity contribution in [2.45, 2.75) is 69.5 Å². The summed E-state index contributed by atoms with van der Waals surface area (Å²) < 4.78 is 0. The topological polar surface area (TPSA) is 104 Å². The van der Waals surface area contributed by atoms with Gasteiger partial charge in [-0.25, -0.2) is 0 Å². The van der Waals surface area contributed by atoms with Gasteiger partial charge in [0.2, 0.25) is 17.7 Å². The van der Waals surface area contributed by atoms with Crippen LogP contribution in [0.5, 0.6) is 0 Å². The number of terminal acetylenes is 1. The van der Waals surface area contributed by atoms with Crippen LogP contribution in [-0.2, 0) is 25.6 Å². The predicted molar refractivity (Wildman–Crippen MR) is 150 cm³/mol. The molecule has 2 heterocycles. The molecule has 40 heavy (non-hydrogen) atoms. The maximum atomic E-state index is 13.8. The van der Waals surface area contributed by atoms with Crippen LogP contribution in [0.2, 0.25) is 0 Å². The van der Waals surface area contributed by atoms with E-state index >= 15 is 0 Å². The fraction of sp³-hybridized carbons (Fsp3) is 0.406. The van der Waals surface area contributed by atoms with E-state index in [9.17, 15) is 24.0 Å². The van der Waals surface area contributed by atoms with Gasteiger partial charge in [0.25, 0.3) is 0 Å². The standard InChI is InChI=1S/C32H35N3O5/c1-2-3-5-14-29(37)33-27(21-23-15-17-25(18-16-23)30(38)24-10-6-4-7-11-24)31(39)35-20-9-13-28(35)32(40)34-19-8-12-26(34)22-36/h1,4,6-7,10-11,15-18,22,26-28H,3,5,8-9,12-14,19-21H2,(H,33,37)/t26-,27-,28-/m0/s1. The lowest BCUT2D eigenvalue weighted by atomic mass is 9.99. The monoisotopic (exact) mass is 541 g/mol. The number of carbonyl (C=O) groups excluding carboxylic acids is 5. The number of hydrogen-bond acceptors (Lipinski definition) is 5. The van der Waals surface area contributed by atoms with Crippen molar-refractivity contribution in [2.24, 2.45) is 0 Å². The van der Waals surface area contributed by atoms with Crippen molar-refractivity contribution in [2.75, 3.05) is 13.1 Å². The normalized spacial score (nSPS) is 19.1. The Morgan fingerprint density at radius 1 is 0.950 bits per heavy atom. The molecule has 0 aliphatic carbocycles. The highest BCUT2D eigenvalue weighted by Crippen LogP contribution is 2.25. The van der Waals surface area contributed by atoms with E-state index in [0.29, 0.717) is 56.3 Å². The fourth-order valence-corrected chi connectivity index (χ4v) is 5.49. The number of hydrogen-bond donors (Lipinski definition) is 1. The van der Waals surface area contributed by atoms with Gasteiger partial charge in [-0.15, -0.1) is 12.3 Å². The number of carbonyl (C=O) groups is 5. The molecule has 4 rings (SSSR count). The van der Waals surface area contributed by atoms with Crippen LogP contribution in [0.3, 0.4) is 0 Å². The Labute approximate surface area is 235 Å². The van der Waals surface area contributed by atoms with Gasteiger partial charge in [-0.2, -0.15) is 0 Å². The summed E-state index contributed by atoms with van der Waals surface area (Å²) in [6.07, 6.45) is 10.1. The second-order valence-corrected chi connectivity index (χ2v) is 10.3. The zero-order valence-electron chi connectivity index (χ0n) is 22.6. The molecule has 8 nitrogen and oxygen atoms in total. The van der Waals surface area contributed by atoms with Gasteiger partial charge >= 0.3 is 0 Å². The van der Waals surface area contributed by atoms with Gasteiger partial charge in [-0.05, 0) is 37.7 Å². The third-order valence-corrected chi connectivity index (χ3v) is 7.61. The second-order valence-electron chi connectivity index (χ2n) is 10.3. The predicted octanol–water partition coefficient (Wildman–Crippen LogP) is 2.93. The number of ketones is 1. The third kappa shape index (κ3) is 6.84. The Morgan fingerprint density at radius 2 is 1.62 bits per heavy atom. The number of unbranched alkanes of at least 4 members (excludes halogenated alkanes) is 1. The first kappa shape index (κ1) is 28.8. The molecule has 0 spiro atoms. The number of aldehydes is 1. The summed E-state index contributed by atoms with van der Waals surface area (Å²) in [4.78, 5) is 67.4. The Balaban J connectivity index is 1.51. The number of benzene rings is 2. The molecule has 2 aliphatic rings. The smallest absolute Gasteiger partial charge is 0.246 e. The molecule has 2 saturated heterocycles. The minimum Gasteiger partial charge on any atom is -0.344 e. The van der Waals surface area contributed by atoms with Crippen molar-refractivity contribution in [1.82, 2.24) is 15.1 Å². The summed E-state index contributed by atoms with van der Waals surface area (Å²) in [5.74, 6) is 1.60. The zero-order valence-corrected chi connectivity index (χ0v) is 22.6. The molecule has 0 aromatic heterocycles. The molecule has 2 aromatic rings. The molecule has 8 heteroatoms. The van der Waals surface area contributed by atoms with Gasteiger partial charge < -0.3 is 19.9 Å². The highest BCUT2D eigenvalue weighted by Gasteiger charge is 2.41. The Hall–Kier alpha value is -4.25. The van der Waals surface area contributed by atoms with E-state index in [4.69, 9.17) is 6.42 Å². The van der Waals surface area contributed by atoms with Gasteiger partial charge in [-0.3, -0.25) is 19.2 Å². The van der Waals surface area contributed by atoms with Crippen LogP contribution in [0.15, 0.2) is 54.6 Å². The van der Waals surface area contributed by atoms with E-state index in [0.717, 1.165) is 18.3 Å². The van der Waals surface area contributed by atoms with E-state index in [1.807, 2.05) is 18.2 Å². The largest absolute Gasteiger partial charge is 0.344 e. The van der Waals surface area contributed by atoms with Crippen molar-refractivity contribution >= 4 is 29.8 Å². The van der Waals surface area contributed by atoms with Crippen LogP contribution in [0.25, 0.3) is 0 Å². The highest BCUT2D eigenvalue weighted by atomic mass is 16.2. The number of rotatable bonds is 11. The van der Waals surface area contributed by atoms with Crippen molar-refractivity contribution in [3.05, 3.63) is 71.3 Å². The van der Waals surface area contributed by atoms with E-state index in [1.165, 1.54) is 0 Å². The number of nitrogens with one attached hydrogen (secondary N) is 1. The summed E-state index contributed by atoms with van der Waals surface area (Å²) in [5.41, 5.74) is 1.88. The van der Waals surface area contributed by atoms with Crippen LogP contribution in [-0.4, -0.2) is 70.8 Å². The van der Waals surface area contributed by atoms with Gasteiger partial charge in [-0.1, -0.05) is 54.6 Å². The van der Waals surface area contributed by atoms with Crippen molar-refractivity contribution < 1.29 is 24.0 Å². The lowest BCUT2D eigenvalue weighted by molar-refractivity contribution is -0.146. The van der Waals surface area contributed by atoms with E-state index in [-0.39, 0.29) is 36.3 Å². The number of likely N-dealkylation sites (tertiary alicyclic amines) is 2. The maximum absolute atomic E-state index is 13.8. The fourth-order valence-electron chi connectivity index (χ4n) is 5.49. The van der Waals surface area contributed by atoms with Crippen LogP contribution in [0.1, 0.15) is 66.4 Å². The van der Waals surface area contributed by atoms with Crippen LogP contribution in [0, 0.1) is 12.3 Å². The molecule has 208 valence electrons. The van der Waals surface area contributed by atoms with Gasteiger partial charge in [0.15, 0.2) is 5.78 Å². The summed E-state index contributed by atoms with van der Waals surface area (Å²) >= 11 is 0. The molecule has 0 saturated carbocycles. The molecule has 1 N–H and O–H groups in total. The van der Waals surface area contributed by atoms with Crippen molar-refractivity contribution in [3.63, 3.8) is 0 Å². The molecule has 0 unspecified atom stereocenters. The molecule has 2 aliphatic heterocycles. The minimum atomic E-state index is -0.886. The first-order chi connectivity index (χ1) is 19.4. The molecular weight excluding hydrogens is 506 g/mol. The van der Waals surface area contributed by atoms with Crippen LogP contribution < -0.4 is 5.32 Å². The molecule has 0 bridgehead atoms. The quantitative estimate of drug-likeness (QED) is 0.204. The molecule has 2 fully saturated rings. The number of amides is 3. The van der Waals surface area contributed by atoms with Gasteiger partial charge in [0, 0.05) is 43.5 Å². The van der Waals surface area contributed by atoms with Crippen LogP contribution in [0.4, 0.5) is 0 Å². The van der Waals surface area contributed by atoms with Crippen LogP contribution >= 0.6 is 0 Å². The van der Waals surface area contributed by atoms with E-state index in [2.05, 4.69) is 11.2 Å². The zero-order chi connectivity index (χ0) is 28.5. The summed E-state index contributed by atoms with van der Waals surface area (Å²) in [6, 6.07) is 14.0. The molecule has 0 radical (unpaired) electrons. The first-order valence-electron chi connectivity index (χ1n) is 13.9. The summed E-state index contributed by atoms with van der Waals surface area (Å²) in [5, 5.41) is 2.87. The van der Waals surface area contributed by atoms with Gasteiger partial charge in [0.05, 0.1) is 6.04 Å². The van der Waals surface area contributed by atoms with Gasteiger partial charge in [0.1, 0.15) is 18.4 Å². The minimum absolute atomic E-state index is 0.101. The van der Waals surface area contributed by atoms with E-state index in [1.54, 1.807) is 46.2 Å². The molecule has 2 aromatic carbocycles. The average Bonchev–Trinajstić information content (AvgIpc) is 3.67. The third-order valence-electron chi connectivity index (χ3n) is 7.61. The SMILES string of the molecule is C#CCCCC(=O)N[C@@H](Cc1ccc(C(=O)c2ccccc2)cc1)C(=O)N1CCC[C@H]1C(=O)N1CCC[C@H]1C=O. The highest BCUT2D eigenvalue weighted by molar-refractivity contribution is 6.09. The lowest BCUT2D eigenvalue weighted by Crippen LogP contribution is -2.55. The maximum Gasteiger partial charge on any atom is 0.246 e. The van der Waals surface area contributed by atoms with Crippen molar-refractivity contribution in [3.8, 4) is 12.3 Å². The second kappa shape index (κ2) is 13.7. The Kier molecular flexibility index (Phi) is 9.85. The van der Waals surface area contributed by atoms with E-state index < -0.39 is 18.1 Å². The lowest BCUT2D eigenvalue weighted by Gasteiger charge is -2.32. The molecule has 3 atom stereocenters. The molecular formula is C32H35N3O5. The summed E-state index contributed by atoms with van der Waals surface area (Å²) in [6.45, 7) is 0.910. The average molecular weight is 542 g/mol. The Bertz CT molecular complexity index is 1270. The number of nitrogens with zero attached hydrogens (tertiary/aromatic N) is 2. The summed E-state index contributed by atoms with van der Waals surface area (Å²) in [7, 11) is 0. The molecule has 3 amide bonds. The Morgan fingerprint density at radius 3 is 2.33 bits per heavy atom.